The molecule has 2 aromatic rings. The fourth-order valence-electron chi connectivity index (χ4n) is 2.52. The summed E-state index contributed by atoms with van der Waals surface area (Å²) in [6, 6.07) is 5.22. The molecule has 0 aliphatic carbocycles. The molecule has 10 heteroatoms. The maximum absolute atomic E-state index is 12.6. The Bertz CT molecular complexity index is 900. The number of rotatable bonds is 4. The lowest BCUT2D eigenvalue weighted by Gasteiger charge is -2.19. The molecule has 1 atom stereocenters. The van der Waals surface area contributed by atoms with Crippen LogP contribution in [0.4, 0.5) is 10.5 Å². The zero-order valence-electron chi connectivity index (χ0n) is 13.3. The second-order valence-corrected chi connectivity index (χ2v) is 6.94. The molecule has 1 aliphatic rings. The number of furan rings is 1. The highest BCUT2D eigenvalue weighted by atomic mass is 35.5. The molecule has 1 saturated heterocycles. The number of benzene rings is 1. The summed E-state index contributed by atoms with van der Waals surface area (Å²) in [7, 11) is 0. The summed E-state index contributed by atoms with van der Waals surface area (Å²) < 4.78 is 5.22. The molecular formula is C16H12Cl3N3O4. The number of nitrogens with zero attached hydrogens (tertiary/aromatic N) is 1. The van der Waals surface area contributed by atoms with Gasteiger partial charge in [-0.3, -0.25) is 14.5 Å². The Kier molecular flexibility index (Phi) is 4.88. The van der Waals surface area contributed by atoms with Crippen LogP contribution in [-0.2, 0) is 15.1 Å². The Hall–Kier alpha value is -2.22. The quantitative estimate of drug-likeness (QED) is 0.588. The van der Waals surface area contributed by atoms with Gasteiger partial charge in [-0.2, -0.15) is 0 Å². The number of amides is 4. The van der Waals surface area contributed by atoms with Gasteiger partial charge in [0.05, 0.1) is 27.0 Å². The predicted molar refractivity (Wildman–Crippen MR) is 96.4 cm³/mol. The van der Waals surface area contributed by atoms with E-state index in [9.17, 15) is 14.4 Å². The fourth-order valence-corrected chi connectivity index (χ4v) is 3.12. The van der Waals surface area contributed by atoms with E-state index >= 15 is 0 Å². The molecule has 1 aliphatic heterocycles. The molecule has 1 unspecified atom stereocenters. The third-order valence-electron chi connectivity index (χ3n) is 3.87. The van der Waals surface area contributed by atoms with Crippen LogP contribution in [0.5, 0.6) is 0 Å². The van der Waals surface area contributed by atoms with Gasteiger partial charge in [0.15, 0.2) is 5.54 Å². The van der Waals surface area contributed by atoms with Crippen LogP contribution in [0.2, 0.25) is 15.1 Å². The minimum atomic E-state index is -1.37. The molecule has 1 aromatic carbocycles. The summed E-state index contributed by atoms with van der Waals surface area (Å²) in [5, 5.41) is 5.63. The molecule has 0 spiro atoms. The largest absolute Gasteiger partial charge is 0.466 e. The average molecular weight is 417 g/mol. The summed E-state index contributed by atoms with van der Waals surface area (Å²) in [5.41, 5.74) is -1.16. The number of urea groups is 1. The van der Waals surface area contributed by atoms with E-state index in [0.717, 1.165) is 4.90 Å². The zero-order chi connectivity index (χ0) is 19.1. The molecule has 4 amide bonds. The third kappa shape index (κ3) is 3.25. The Morgan fingerprint density at radius 3 is 2.58 bits per heavy atom. The van der Waals surface area contributed by atoms with Crippen LogP contribution in [0.1, 0.15) is 12.7 Å². The van der Waals surface area contributed by atoms with Crippen molar-refractivity contribution in [2.75, 3.05) is 11.9 Å². The van der Waals surface area contributed by atoms with Crippen molar-refractivity contribution in [1.29, 1.82) is 0 Å². The number of hydrogen-bond donors (Lipinski definition) is 2. The fraction of sp³-hybridized carbons (Fsp3) is 0.188. The van der Waals surface area contributed by atoms with E-state index in [4.69, 9.17) is 39.2 Å². The van der Waals surface area contributed by atoms with Gasteiger partial charge in [0, 0.05) is 0 Å². The summed E-state index contributed by atoms with van der Waals surface area (Å²) in [6.07, 6.45) is 1.39. The van der Waals surface area contributed by atoms with Gasteiger partial charge in [-0.1, -0.05) is 34.8 Å². The number of imide groups is 1. The molecule has 2 heterocycles. The number of nitrogens with one attached hydrogen (secondary N) is 2. The summed E-state index contributed by atoms with van der Waals surface area (Å²) in [4.78, 5) is 37.8. The van der Waals surface area contributed by atoms with Crippen molar-refractivity contribution in [1.82, 2.24) is 10.2 Å². The van der Waals surface area contributed by atoms with E-state index in [0.29, 0.717) is 0 Å². The van der Waals surface area contributed by atoms with Crippen molar-refractivity contribution >= 4 is 58.3 Å². The van der Waals surface area contributed by atoms with Gasteiger partial charge in [-0.15, -0.1) is 0 Å². The smallest absolute Gasteiger partial charge is 0.325 e. The van der Waals surface area contributed by atoms with Gasteiger partial charge in [-0.25, -0.2) is 4.79 Å². The predicted octanol–water partition coefficient (Wildman–Crippen LogP) is 3.65. The van der Waals surface area contributed by atoms with Gasteiger partial charge >= 0.3 is 6.03 Å². The minimum Gasteiger partial charge on any atom is -0.466 e. The first-order valence-electron chi connectivity index (χ1n) is 7.35. The molecule has 136 valence electrons. The summed E-state index contributed by atoms with van der Waals surface area (Å²) >= 11 is 17.7. The standard InChI is InChI=1S/C16H12Cl3N3O4/c1-16(12-3-2-4-26-12)14(24)22(15(25)21-16)7-13(23)20-11-6-9(18)8(17)5-10(11)19/h2-6H,7H2,1H3,(H,20,23)(H,21,25). The zero-order valence-corrected chi connectivity index (χ0v) is 15.6. The number of hydrogen-bond acceptors (Lipinski definition) is 4. The topological polar surface area (TPSA) is 91.7 Å². The highest BCUT2D eigenvalue weighted by Gasteiger charge is 2.51. The van der Waals surface area contributed by atoms with E-state index < -0.39 is 29.9 Å². The van der Waals surface area contributed by atoms with Crippen molar-refractivity contribution in [2.24, 2.45) is 0 Å². The normalized spacial score (nSPS) is 19.6. The number of carbonyl (C=O) groups is 3. The van der Waals surface area contributed by atoms with E-state index in [-0.39, 0.29) is 26.5 Å². The van der Waals surface area contributed by atoms with Crippen LogP contribution >= 0.6 is 34.8 Å². The molecule has 2 N–H and O–H groups in total. The van der Waals surface area contributed by atoms with Crippen LogP contribution in [-0.4, -0.2) is 29.3 Å². The highest BCUT2D eigenvalue weighted by molar-refractivity contribution is 6.44. The number of anilines is 1. The molecule has 7 nitrogen and oxygen atoms in total. The second kappa shape index (κ2) is 6.83. The lowest BCUT2D eigenvalue weighted by Crippen LogP contribution is -2.41. The molecule has 1 fully saturated rings. The lowest BCUT2D eigenvalue weighted by molar-refractivity contribution is -0.134. The molecule has 3 rings (SSSR count). The third-order valence-corrected chi connectivity index (χ3v) is 4.91. The van der Waals surface area contributed by atoms with E-state index in [2.05, 4.69) is 10.6 Å². The van der Waals surface area contributed by atoms with Gasteiger partial charge in [0.1, 0.15) is 12.3 Å². The number of halogens is 3. The van der Waals surface area contributed by atoms with E-state index in [1.54, 1.807) is 12.1 Å². The lowest BCUT2D eigenvalue weighted by atomic mass is 9.99. The summed E-state index contributed by atoms with van der Waals surface area (Å²) in [5.74, 6) is -0.961. The minimum absolute atomic E-state index is 0.172. The van der Waals surface area contributed by atoms with Gasteiger partial charge in [0.25, 0.3) is 5.91 Å². The van der Waals surface area contributed by atoms with Crippen molar-refractivity contribution < 1.29 is 18.8 Å². The van der Waals surface area contributed by atoms with Crippen LogP contribution in [0.25, 0.3) is 0 Å². The van der Waals surface area contributed by atoms with Crippen molar-refractivity contribution in [3.05, 3.63) is 51.4 Å². The van der Waals surface area contributed by atoms with Crippen molar-refractivity contribution in [3.63, 3.8) is 0 Å². The molecule has 1 aromatic heterocycles. The maximum atomic E-state index is 12.6. The Morgan fingerprint density at radius 1 is 1.23 bits per heavy atom. The molecule has 0 saturated carbocycles. The summed E-state index contributed by atoms with van der Waals surface area (Å²) in [6.45, 7) is 0.997. The Morgan fingerprint density at radius 2 is 1.92 bits per heavy atom. The second-order valence-electron chi connectivity index (χ2n) is 5.72. The van der Waals surface area contributed by atoms with E-state index in [1.165, 1.54) is 25.3 Å². The molecule has 26 heavy (non-hydrogen) atoms. The molecule has 0 radical (unpaired) electrons. The van der Waals surface area contributed by atoms with Crippen LogP contribution in [0, 0.1) is 0 Å². The first-order chi connectivity index (χ1) is 12.2. The van der Waals surface area contributed by atoms with Crippen molar-refractivity contribution in [2.45, 2.75) is 12.5 Å². The highest BCUT2D eigenvalue weighted by Crippen LogP contribution is 2.32. The van der Waals surface area contributed by atoms with Gasteiger partial charge in [0.2, 0.25) is 5.91 Å². The van der Waals surface area contributed by atoms with Crippen LogP contribution in [0.15, 0.2) is 34.9 Å². The first kappa shape index (κ1) is 18.6. The first-order valence-corrected chi connectivity index (χ1v) is 8.48. The molecule has 0 bridgehead atoms. The Labute approximate surface area is 163 Å². The SMILES string of the molecule is CC1(c2ccco2)NC(=O)N(CC(=O)Nc2cc(Cl)c(Cl)cc2Cl)C1=O. The number of carbonyl (C=O) groups excluding carboxylic acids is 3. The Balaban J connectivity index is 1.75. The van der Waals surface area contributed by atoms with E-state index in [1.807, 2.05) is 0 Å². The average Bonchev–Trinajstić information content (AvgIpc) is 3.17. The van der Waals surface area contributed by atoms with Gasteiger partial charge in [-0.05, 0) is 31.2 Å². The maximum Gasteiger partial charge on any atom is 0.325 e. The monoisotopic (exact) mass is 415 g/mol. The van der Waals surface area contributed by atoms with Crippen molar-refractivity contribution in [3.8, 4) is 0 Å². The molecular weight excluding hydrogens is 405 g/mol. The van der Waals surface area contributed by atoms with Crippen LogP contribution < -0.4 is 10.6 Å². The van der Waals surface area contributed by atoms with Gasteiger partial charge < -0.3 is 15.1 Å². The van der Waals surface area contributed by atoms with Crippen LogP contribution in [0.3, 0.4) is 0 Å².